The van der Waals surface area contributed by atoms with Crippen LogP contribution in [0.5, 0.6) is 0 Å². The summed E-state index contributed by atoms with van der Waals surface area (Å²) in [6.07, 6.45) is 3.27. The molecule has 6 nitrogen and oxygen atoms in total. The van der Waals surface area contributed by atoms with E-state index in [9.17, 15) is 13.2 Å². The van der Waals surface area contributed by atoms with E-state index in [2.05, 4.69) is 4.90 Å². The zero-order chi connectivity index (χ0) is 14.5. The molecule has 1 aliphatic carbocycles. The molecule has 112 valence electrons. The molecule has 1 fully saturated rings. The predicted octanol–water partition coefficient (Wildman–Crippen LogP) is -0.664. The Morgan fingerprint density at radius 3 is 2.58 bits per heavy atom. The third-order valence-electron chi connectivity index (χ3n) is 3.90. The number of hydrogen-bond acceptors (Lipinski definition) is 5. The highest BCUT2D eigenvalue weighted by atomic mass is 32.2. The first-order valence-corrected chi connectivity index (χ1v) is 8.57. The average Bonchev–Trinajstić information content (AvgIpc) is 2.82. The fourth-order valence-electron chi connectivity index (χ4n) is 2.68. The van der Waals surface area contributed by atoms with Gasteiger partial charge in [0.05, 0.1) is 11.5 Å². The van der Waals surface area contributed by atoms with Crippen molar-refractivity contribution in [3.8, 4) is 0 Å². The van der Waals surface area contributed by atoms with Crippen molar-refractivity contribution in [2.75, 3.05) is 31.6 Å². The molecule has 4 N–H and O–H groups in total. The third kappa shape index (κ3) is 5.46. The van der Waals surface area contributed by atoms with Crippen molar-refractivity contribution in [1.29, 1.82) is 0 Å². The summed E-state index contributed by atoms with van der Waals surface area (Å²) in [7, 11) is -1.25. The first kappa shape index (κ1) is 16.4. The Bertz CT molecular complexity index is 397. The molecule has 0 saturated heterocycles. The van der Waals surface area contributed by atoms with Gasteiger partial charge in [0.2, 0.25) is 5.91 Å². The minimum Gasteiger partial charge on any atom is -0.370 e. The first-order valence-electron chi connectivity index (χ1n) is 6.75. The van der Waals surface area contributed by atoms with Crippen molar-refractivity contribution in [2.45, 2.75) is 31.7 Å². The highest BCUT2D eigenvalue weighted by molar-refractivity contribution is 7.91. The van der Waals surface area contributed by atoms with E-state index in [0.29, 0.717) is 25.0 Å². The van der Waals surface area contributed by atoms with Crippen LogP contribution in [0.15, 0.2) is 0 Å². The van der Waals surface area contributed by atoms with E-state index in [1.165, 1.54) is 0 Å². The maximum atomic E-state index is 11.7. The number of hydrogen-bond donors (Lipinski definition) is 2. The zero-order valence-electron chi connectivity index (χ0n) is 11.5. The molecule has 0 radical (unpaired) electrons. The number of rotatable bonds is 8. The smallest absolute Gasteiger partial charge is 0.218 e. The molecular weight excluding hydrogens is 266 g/mol. The van der Waals surface area contributed by atoms with Gasteiger partial charge in [-0.2, -0.15) is 0 Å². The molecule has 0 aromatic heterocycles. The summed E-state index contributed by atoms with van der Waals surface area (Å²) in [5.74, 6) is -0.180. The lowest BCUT2D eigenvalue weighted by Crippen LogP contribution is -2.40. The number of nitrogens with zero attached hydrogens (tertiary/aromatic N) is 1. The van der Waals surface area contributed by atoms with Gasteiger partial charge in [-0.15, -0.1) is 0 Å². The minimum atomic E-state index is -3.20. The van der Waals surface area contributed by atoms with Crippen LogP contribution >= 0.6 is 0 Å². The molecule has 0 aliphatic heterocycles. The van der Waals surface area contributed by atoms with Crippen LogP contribution in [0.3, 0.4) is 0 Å². The molecule has 7 heteroatoms. The molecule has 2 unspecified atom stereocenters. The number of carbonyl (C=O) groups excluding carboxylic acids is 1. The van der Waals surface area contributed by atoms with Gasteiger partial charge < -0.3 is 16.4 Å². The number of nitrogens with two attached hydrogens (primary N) is 2. The topological polar surface area (TPSA) is 106 Å². The predicted molar refractivity (Wildman–Crippen MR) is 75.3 cm³/mol. The van der Waals surface area contributed by atoms with Gasteiger partial charge in [-0.1, -0.05) is 6.42 Å². The van der Waals surface area contributed by atoms with Gasteiger partial charge in [-0.25, -0.2) is 8.42 Å². The van der Waals surface area contributed by atoms with Crippen LogP contribution in [0.1, 0.15) is 25.7 Å². The second kappa shape index (κ2) is 7.21. The van der Waals surface area contributed by atoms with E-state index in [0.717, 1.165) is 19.3 Å². The van der Waals surface area contributed by atoms with Gasteiger partial charge in [0.1, 0.15) is 0 Å². The van der Waals surface area contributed by atoms with Crippen LogP contribution in [0.2, 0.25) is 0 Å². The van der Waals surface area contributed by atoms with Gasteiger partial charge in [-0.05, 0) is 32.4 Å². The summed E-state index contributed by atoms with van der Waals surface area (Å²) in [6.45, 7) is 1.14. The first-order chi connectivity index (χ1) is 8.85. The van der Waals surface area contributed by atoms with Crippen LogP contribution in [0.4, 0.5) is 0 Å². The van der Waals surface area contributed by atoms with E-state index in [4.69, 9.17) is 11.5 Å². The molecule has 1 amide bonds. The monoisotopic (exact) mass is 291 g/mol. The Morgan fingerprint density at radius 1 is 1.32 bits per heavy atom. The maximum Gasteiger partial charge on any atom is 0.218 e. The largest absolute Gasteiger partial charge is 0.370 e. The molecule has 1 saturated carbocycles. The summed E-state index contributed by atoms with van der Waals surface area (Å²) < 4.78 is 23.5. The Morgan fingerprint density at radius 2 is 2.00 bits per heavy atom. The fraction of sp³-hybridized carbons (Fsp3) is 0.917. The van der Waals surface area contributed by atoms with Crippen molar-refractivity contribution in [1.82, 2.24) is 4.90 Å². The lowest BCUT2D eigenvalue weighted by Gasteiger charge is -2.28. The molecule has 0 aromatic rings. The van der Waals surface area contributed by atoms with Gasteiger partial charge in [0, 0.05) is 19.0 Å². The van der Waals surface area contributed by atoms with Crippen LogP contribution in [-0.4, -0.2) is 56.9 Å². The molecule has 1 rings (SSSR count). The molecule has 2 atom stereocenters. The summed E-state index contributed by atoms with van der Waals surface area (Å²) in [5, 5.41) is 0. The summed E-state index contributed by atoms with van der Waals surface area (Å²) in [4.78, 5) is 12.7. The second-order valence-electron chi connectivity index (χ2n) is 5.34. The molecule has 19 heavy (non-hydrogen) atoms. The van der Waals surface area contributed by atoms with Crippen molar-refractivity contribution >= 4 is 15.7 Å². The minimum absolute atomic E-state index is 0.0740. The lowest BCUT2D eigenvalue weighted by molar-refractivity contribution is -0.117. The molecule has 1 aliphatic rings. The van der Waals surface area contributed by atoms with Gasteiger partial charge in [0.25, 0.3) is 0 Å². The van der Waals surface area contributed by atoms with Crippen LogP contribution in [0.25, 0.3) is 0 Å². The van der Waals surface area contributed by atoms with Crippen molar-refractivity contribution in [2.24, 2.45) is 17.4 Å². The second-order valence-corrected chi connectivity index (χ2v) is 7.65. The molecular formula is C12H25N3O3S. The van der Waals surface area contributed by atoms with Gasteiger partial charge >= 0.3 is 0 Å². The summed E-state index contributed by atoms with van der Waals surface area (Å²) in [5.41, 5.74) is 10.7. The van der Waals surface area contributed by atoms with Crippen LogP contribution in [-0.2, 0) is 14.6 Å². The van der Waals surface area contributed by atoms with E-state index in [1.54, 1.807) is 0 Å². The fourth-order valence-corrected chi connectivity index (χ4v) is 3.96. The number of carbonyl (C=O) groups is 1. The summed E-state index contributed by atoms with van der Waals surface area (Å²) in [6, 6.07) is 0.386. The summed E-state index contributed by atoms with van der Waals surface area (Å²) >= 11 is 0. The van der Waals surface area contributed by atoms with E-state index in [1.807, 2.05) is 7.05 Å². The lowest BCUT2D eigenvalue weighted by atomic mass is 10.0. The average molecular weight is 291 g/mol. The van der Waals surface area contributed by atoms with E-state index >= 15 is 0 Å². The highest BCUT2D eigenvalue weighted by Gasteiger charge is 2.29. The maximum absolute atomic E-state index is 11.7. The van der Waals surface area contributed by atoms with Crippen molar-refractivity contribution < 1.29 is 13.2 Å². The van der Waals surface area contributed by atoms with E-state index < -0.39 is 15.7 Å². The van der Waals surface area contributed by atoms with Crippen LogP contribution in [0, 0.1) is 5.92 Å². The molecule has 0 bridgehead atoms. The third-order valence-corrected chi connectivity index (χ3v) is 5.53. The Balaban J connectivity index is 2.40. The Labute approximate surface area is 115 Å². The van der Waals surface area contributed by atoms with Crippen molar-refractivity contribution in [3.63, 3.8) is 0 Å². The van der Waals surface area contributed by atoms with Crippen molar-refractivity contribution in [3.05, 3.63) is 0 Å². The van der Waals surface area contributed by atoms with Gasteiger partial charge in [0.15, 0.2) is 9.84 Å². The molecule has 0 heterocycles. The SMILES string of the molecule is CN(CCS(=O)(=O)CCC(N)=O)C1CCCC1CN. The number of amides is 1. The zero-order valence-corrected chi connectivity index (χ0v) is 12.4. The number of primary amides is 1. The molecule has 0 aromatic carbocycles. The Kier molecular flexibility index (Phi) is 6.22. The number of sulfone groups is 1. The normalized spacial score (nSPS) is 23.9. The molecule has 0 spiro atoms. The Hall–Kier alpha value is -0.660. The van der Waals surface area contributed by atoms with Gasteiger partial charge in [-0.3, -0.25) is 4.79 Å². The van der Waals surface area contributed by atoms with E-state index in [-0.39, 0.29) is 17.9 Å². The highest BCUT2D eigenvalue weighted by Crippen LogP contribution is 2.28. The quantitative estimate of drug-likeness (QED) is 0.617. The van der Waals surface area contributed by atoms with Crippen LogP contribution < -0.4 is 11.5 Å². The standard InChI is InChI=1S/C12H25N3O3S/c1-15(11-4-2-3-10(11)9-13)6-8-19(17,18)7-5-12(14)16/h10-11H,2-9,13H2,1H3,(H2,14,16).